The van der Waals surface area contributed by atoms with E-state index in [0.717, 1.165) is 0 Å². The van der Waals surface area contributed by atoms with Gasteiger partial charge >= 0.3 is 17.9 Å². The van der Waals surface area contributed by atoms with Crippen LogP contribution in [0.3, 0.4) is 0 Å². The van der Waals surface area contributed by atoms with Crippen molar-refractivity contribution in [2.45, 2.75) is 20.8 Å². The molecule has 9 nitrogen and oxygen atoms in total. The van der Waals surface area contributed by atoms with Crippen LogP contribution in [0.25, 0.3) is 0 Å². The van der Waals surface area contributed by atoms with E-state index in [4.69, 9.17) is 14.6 Å². The summed E-state index contributed by atoms with van der Waals surface area (Å²) in [6.45, 7) is 4.22. The Morgan fingerprint density at radius 3 is 1.79 bits per heavy atom. The molecule has 2 rings (SSSR count). The van der Waals surface area contributed by atoms with Crippen LogP contribution in [0.2, 0.25) is 0 Å². The molecular formula is C19H18O9. The molecule has 4 N–H and O–H groups in total. The van der Waals surface area contributed by atoms with Gasteiger partial charge in [0.05, 0.1) is 7.11 Å². The number of methoxy groups -OCH3 is 1. The average molecular weight is 390 g/mol. The Morgan fingerprint density at radius 2 is 1.29 bits per heavy atom. The van der Waals surface area contributed by atoms with Gasteiger partial charge < -0.3 is 29.9 Å². The number of ether oxygens (including phenoxy) is 2. The Morgan fingerprint density at radius 1 is 0.786 bits per heavy atom. The normalized spacial score (nSPS) is 10.4. The topological polar surface area (TPSA) is 151 Å². The van der Waals surface area contributed by atoms with E-state index in [1.54, 1.807) is 0 Å². The first-order chi connectivity index (χ1) is 13.0. The number of esters is 1. The lowest BCUT2D eigenvalue weighted by atomic mass is 10.0. The Balaban J connectivity index is 2.57. The molecule has 0 aliphatic carbocycles. The fourth-order valence-electron chi connectivity index (χ4n) is 2.79. The van der Waals surface area contributed by atoms with Gasteiger partial charge in [0.1, 0.15) is 39.7 Å². The summed E-state index contributed by atoms with van der Waals surface area (Å²) in [7, 11) is 1.22. The van der Waals surface area contributed by atoms with E-state index in [9.17, 15) is 29.7 Å². The van der Waals surface area contributed by atoms with Gasteiger partial charge in [0.2, 0.25) is 0 Å². The van der Waals surface area contributed by atoms with Crippen LogP contribution < -0.4 is 9.47 Å². The molecular weight excluding hydrogens is 372 g/mol. The zero-order valence-corrected chi connectivity index (χ0v) is 15.5. The van der Waals surface area contributed by atoms with Gasteiger partial charge in [-0.25, -0.2) is 14.4 Å². The van der Waals surface area contributed by atoms with Crippen LogP contribution in [0.1, 0.15) is 47.8 Å². The maximum absolute atomic E-state index is 12.6. The minimum absolute atomic E-state index is 0.000428. The molecule has 0 bridgehead atoms. The van der Waals surface area contributed by atoms with E-state index in [2.05, 4.69) is 0 Å². The molecule has 0 aliphatic rings. The SMILES string of the molecule is COc1cc(C)c(C(=O)Oc2cc(C)c(C(=O)O)c(O)c2C)c(O)c1C(=O)O. The number of carbonyl (C=O) groups is 3. The summed E-state index contributed by atoms with van der Waals surface area (Å²) in [5.41, 5.74) is -0.964. The summed E-state index contributed by atoms with van der Waals surface area (Å²) in [6, 6.07) is 2.52. The first-order valence-corrected chi connectivity index (χ1v) is 7.93. The van der Waals surface area contributed by atoms with E-state index < -0.39 is 40.5 Å². The van der Waals surface area contributed by atoms with Crippen molar-refractivity contribution in [3.63, 3.8) is 0 Å². The van der Waals surface area contributed by atoms with Gasteiger partial charge in [-0.2, -0.15) is 0 Å². The lowest BCUT2D eigenvalue weighted by Crippen LogP contribution is -2.15. The van der Waals surface area contributed by atoms with Crippen LogP contribution in [0.15, 0.2) is 12.1 Å². The third-order valence-corrected chi connectivity index (χ3v) is 4.22. The molecule has 0 fully saturated rings. The third-order valence-electron chi connectivity index (χ3n) is 4.22. The van der Waals surface area contributed by atoms with Gasteiger partial charge in [-0.3, -0.25) is 0 Å². The number of hydrogen-bond donors (Lipinski definition) is 4. The number of carboxylic acid groups (broad SMARTS) is 2. The second kappa shape index (κ2) is 7.47. The summed E-state index contributed by atoms with van der Waals surface area (Å²) >= 11 is 0. The monoisotopic (exact) mass is 390 g/mol. The van der Waals surface area contributed by atoms with Crippen molar-refractivity contribution < 1.29 is 44.3 Å². The number of aromatic hydroxyl groups is 2. The summed E-state index contributed by atoms with van der Waals surface area (Å²) in [4.78, 5) is 35.3. The quantitative estimate of drug-likeness (QED) is 0.446. The third kappa shape index (κ3) is 3.41. The van der Waals surface area contributed by atoms with Gasteiger partial charge in [0.15, 0.2) is 0 Å². The smallest absolute Gasteiger partial charge is 0.347 e. The second-order valence-electron chi connectivity index (χ2n) is 6.03. The molecule has 0 aliphatic heterocycles. The number of phenols is 2. The number of aromatic carboxylic acids is 2. The molecule has 9 heteroatoms. The van der Waals surface area contributed by atoms with E-state index in [1.165, 1.54) is 40.0 Å². The molecule has 0 spiro atoms. The zero-order chi connectivity index (χ0) is 21.3. The Labute approximate surface area is 159 Å². The Hall–Kier alpha value is -3.75. The minimum atomic E-state index is -1.50. The molecule has 148 valence electrons. The minimum Gasteiger partial charge on any atom is -0.507 e. The number of rotatable bonds is 5. The summed E-state index contributed by atoms with van der Waals surface area (Å²) in [6.07, 6.45) is 0. The molecule has 2 aromatic rings. The molecule has 0 saturated heterocycles. The standard InChI is InChI=1S/C19H18O9/c1-7-5-10(9(3)15(20)12(7)17(22)23)28-19(26)13-8(2)6-11(27-4)14(16(13)21)18(24)25/h5-6,20-21H,1-4H3,(H,22,23)(H,24,25). The Bertz CT molecular complexity index is 1010. The van der Waals surface area contributed by atoms with E-state index in [0.29, 0.717) is 0 Å². The van der Waals surface area contributed by atoms with Gasteiger partial charge in [0, 0.05) is 5.56 Å². The maximum atomic E-state index is 12.6. The highest BCUT2D eigenvalue weighted by atomic mass is 16.5. The largest absolute Gasteiger partial charge is 0.507 e. The molecule has 0 radical (unpaired) electrons. The predicted molar refractivity (Wildman–Crippen MR) is 95.9 cm³/mol. The summed E-state index contributed by atoms with van der Waals surface area (Å²) in [5.74, 6) is -5.56. The van der Waals surface area contributed by atoms with Crippen molar-refractivity contribution in [3.8, 4) is 23.0 Å². The number of hydrogen-bond acceptors (Lipinski definition) is 7. The molecule has 0 saturated carbocycles. The van der Waals surface area contributed by atoms with Gasteiger partial charge in [-0.1, -0.05) is 0 Å². The van der Waals surface area contributed by atoms with Gasteiger partial charge in [-0.15, -0.1) is 0 Å². The van der Waals surface area contributed by atoms with Gasteiger partial charge in [-0.05, 0) is 44.0 Å². The lowest BCUT2D eigenvalue weighted by Gasteiger charge is -2.16. The molecule has 0 unspecified atom stereocenters. The zero-order valence-electron chi connectivity index (χ0n) is 15.5. The Kier molecular flexibility index (Phi) is 5.49. The molecule has 2 aromatic carbocycles. The first-order valence-electron chi connectivity index (χ1n) is 7.93. The van der Waals surface area contributed by atoms with Crippen molar-refractivity contribution in [1.29, 1.82) is 0 Å². The van der Waals surface area contributed by atoms with Crippen molar-refractivity contribution >= 4 is 17.9 Å². The fourth-order valence-corrected chi connectivity index (χ4v) is 2.79. The number of carboxylic acids is 2. The van der Waals surface area contributed by atoms with Gasteiger partial charge in [0.25, 0.3) is 0 Å². The lowest BCUT2D eigenvalue weighted by molar-refractivity contribution is 0.0679. The second-order valence-corrected chi connectivity index (χ2v) is 6.03. The number of carbonyl (C=O) groups excluding carboxylic acids is 1. The van der Waals surface area contributed by atoms with E-state index in [-0.39, 0.29) is 33.8 Å². The van der Waals surface area contributed by atoms with Crippen molar-refractivity contribution in [2.75, 3.05) is 7.11 Å². The van der Waals surface area contributed by atoms with Crippen molar-refractivity contribution in [1.82, 2.24) is 0 Å². The van der Waals surface area contributed by atoms with Crippen LogP contribution in [0.5, 0.6) is 23.0 Å². The highest BCUT2D eigenvalue weighted by Crippen LogP contribution is 2.37. The fraction of sp³-hybridized carbons (Fsp3) is 0.211. The molecule has 0 atom stereocenters. The van der Waals surface area contributed by atoms with Crippen molar-refractivity contribution in [3.05, 3.63) is 45.5 Å². The highest BCUT2D eigenvalue weighted by Gasteiger charge is 2.28. The number of aryl methyl sites for hydroxylation is 2. The van der Waals surface area contributed by atoms with E-state index in [1.807, 2.05) is 0 Å². The van der Waals surface area contributed by atoms with Crippen LogP contribution in [0, 0.1) is 20.8 Å². The predicted octanol–water partition coefficient (Wildman–Crippen LogP) is 2.65. The van der Waals surface area contributed by atoms with Crippen LogP contribution >= 0.6 is 0 Å². The van der Waals surface area contributed by atoms with E-state index >= 15 is 0 Å². The van der Waals surface area contributed by atoms with Crippen molar-refractivity contribution in [2.24, 2.45) is 0 Å². The molecule has 0 aromatic heterocycles. The van der Waals surface area contributed by atoms with Crippen LogP contribution in [0.4, 0.5) is 0 Å². The molecule has 28 heavy (non-hydrogen) atoms. The first kappa shape index (κ1) is 20.6. The summed E-state index contributed by atoms with van der Waals surface area (Å²) < 4.78 is 10.1. The maximum Gasteiger partial charge on any atom is 0.347 e. The van der Waals surface area contributed by atoms with Crippen LogP contribution in [-0.4, -0.2) is 45.4 Å². The van der Waals surface area contributed by atoms with Crippen LogP contribution in [-0.2, 0) is 0 Å². The average Bonchev–Trinajstić information content (AvgIpc) is 2.57. The highest BCUT2D eigenvalue weighted by molar-refractivity contribution is 6.03. The number of benzene rings is 2. The molecule has 0 heterocycles. The summed E-state index contributed by atoms with van der Waals surface area (Å²) in [5, 5.41) is 38.8. The molecule has 0 amide bonds.